The molecule has 1 heterocycles. The van der Waals surface area contributed by atoms with Gasteiger partial charge in [0.2, 0.25) is 0 Å². The summed E-state index contributed by atoms with van der Waals surface area (Å²) in [6, 6.07) is 14.1. The summed E-state index contributed by atoms with van der Waals surface area (Å²) in [6.07, 6.45) is -0.0769. The van der Waals surface area contributed by atoms with E-state index in [2.05, 4.69) is 24.2 Å². The number of benzene rings is 2. The third kappa shape index (κ3) is 4.49. The molecule has 3 rings (SSSR count). The van der Waals surface area contributed by atoms with Crippen molar-refractivity contribution in [1.82, 2.24) is 15.0 Å². The molecule has 0 unspecified atom stereocenters. The van der Waals surface area contributed by atoms with Crippen molar-refractivity contribution in [2.24, 2.45) is 0 Å². The van der Waals surface area contributed by atoms with Gasteiger partial charge in [0, 0.05) is 5.56 Å². The Morgan fingerprint density at radius 3 is 2.50 bits per heavy atom. The summed E-state index contributed by atoms with van der Waals surface area (Å²) in [5.41, 5.74) is 1.81. The van der Waals surface area contributed by atoms with E-state index in [0.29, 0.717) is 22.4 Å². The molecule has 3 aromatic rings. The van der Waals surface area contributed by atoms with Crippen LogP contribution in [0.3, 0.4) is 0 Å². The monoisotopic (exact) mass is 379 g/mol. The van der Waals surface area contributed by atoms with Gasteiger partial charge in [0.1, 0.15) is 5.52 Å². The fourth-order valence-electron chi connectivity index (χ4n) is 2.72. The average Bonchev–Trinajstić information content (AvgIpc) is 2.71. The van der Waals surface area contributed by atoms with Crippen molar-refractivity contribution in [3.05, 3.63) is 70.0 Å². The lowest BCUT2D eigenvalue weighted by atomic mass is 10.0. The standard InChI is InChI=1S/C21H21N3O4/c1-14(2)15-7-9-16(10-8-15)19(25)13-28-20(26)11-12-24-21(27)17-5-3-4-6-18(17)22-23-24/h3-10,14H,11-13H2,1-2H3. The van der Waals surface area contributed by atoms with Gasteiger partial charge >= 0.3 is 5.97 Å². The number of carbonyl (C=O) groups excluding carboxylic acids is 2. The average molecular weight is 379 g/mol. The van der Waals surface area contributed by atoms with Gasteiger partial charge in [-0.1, -0.05) is 55.5 Å². The van der Waals surface area contributed by atoms with E-state index in [1.54, 1.807) is 36.4 Å². The zero-order valence-corrected chi connectivity index (χ0v) is 15.8. The smallest absolute Gasteiger partial charge is 0.308 e. The second kappa shape index (κ2) is 8.56. The Kier molecular flexibility index (Phi) is 5.93. The lowest BCUT2D eigenvalue weighted by molar-refractivity contribution is -0.142. The van der Waals surface area contributed by atoms with Crippen LogP contribution in [0.2, 0.25) is 0 Å². The number of carbonyl (C=O) groups is 2. The van der Waals surface area contributed by atoms with Crippen LogP contribution in [0, 0.1) is 0 Å². The van der Waals surface area contributed by atoms with Gasteiger partial charge in [0.25, 0.3) is 5.56 Å². The molecule has 28 heavy (non-hydrogen) atoms. The number of ketones is 1. The fourth-order valence-corrected chi connectivity index (χ4v) is 2.72. The lowest BCUT2D eigenvalue weighted by Gasteiger charge is -2.08. The lowest BCUT2D eigenvalue weighted by Crippen LogP contribution is -2.26. The third-order valence-electron chi connectivity index (χ3n) is 4.42. The Labute approximate surface area is 161 Å². The number of rotatable bonds is 7. The minimum absolute atomic E-state index is 0.0345. The number of fused-ring (bicyclic) bond motifs is 1. The molecule has 0 aliphatic carbocycles. The van der Waals surface area contributed by atoms with Crippen molar-refractivity contribution in [2.45, 2.75) is 32.7 Å². The van der Waals surface area contributed by atoms with Gasteiger partial charge in [0.05, 0.1) is 18.4 Å². The molecule has 0 aliphatic rings. The molecule has 0 radical (unpaired) electrons. The van der Waals surface area contributed by atoms with E-state index in [4.69, 9.17) is 4.74 Å². The first-order valence-corrected chi connectivity index (χ1v) is 9.07. The summed E-state index contributed by atoms with van der Waals surface area (Å²) in [7, 11) is 0. The van der Waals surface area contributed by atoms with Crippen LogP contribution >= 0.6 is 0 Å². The van der Waals surface area contributed by atoms with Crippen LogP contribution in [-0.4, -0.2) is 33.4 Å². The van der Waals surface area contributed by atoms with E-state index in [9.17, 15) is 14.4 Å². The molecule has 7 nitrogen and oxygen atoms in total. The summed E-state index contributed by atoms with van der Waals surface area (Å²) in [5, 5.41) is 8.22. The molecule has 0 saturated heterocycles. The Bertz CT molecular complexity index is 1060. The van der Waals surface area contributed by atoms with Crippen molar-refractivity contribution in [3.8, 4) is 0 Å². The molecule has 2 aromatic carbocycles. The van der Waals surface area contributed by atoms with E-state index in [1.807, 2.05) is 12.1 Å². The normalized spacial score (nSPS) is 11.0. The van der Waals surface area contributed by atoms with Crippen molar-refractivity contribution in [1.29, 1.82) is 0 Å². The minimum Gasteiger partial charge on any atom is -0.457 e. The van der Waals surface area contributed by atoms with E-state index >= 15 is 0 Å². The van der Waals surface area contributed by atoms with E-state index in [-0.39, 0.29) is 30.9 Å². The quantitative estimate of drug-likeness (QED) is 0.463. The molecular formula is C21H21N3O4. The second-order valence-corrected chi connectivity index (χ2v) is 6.75. The van der Waals surface area contributed by atoms with Crippen molar-refractivity contribution in [2.75, 3.05) is 6.61 Å². The molecule has 1 aromatic heterocycles. The molecule has 7 heteroatoms. The number of ether oxygens (including phenoxy) is 1. The highest BCUT2D eigenvalue weighted by molar-refractivity contribution is 5.97. The molecule has 0 saturated carbocycles. The summed E-state index contributed by atoms with van der Waals surface area (Å²) >= 11 is 0. The highest BCUT2D eigenvalue weighted by Gasteiger charge is 2.12. The molecule has 144 valence electrons. The largest absolute Gasteiger partial charge is 0.457 e. The highest BCUT2D eigenvalue weighted by atomic mass is 16.5. The predicted octanol–water partition coefficient (Wildman–Crippen LogP) is 2.73. The maximum Gasteiger partial charge on any atom is 0.308 e. The first-order chi connectivity index (χ1) is 13.5. The molecule has 0 bridgehead atoms. The Hall–Kier alpha value is -3.35. The summed E-state index contributed by atoms with van der Waals surface area (Å²) in [6.45, 7) is 3.85. The first kappa shape index (κ1) is 19.4. The van der Waals surface area contributed by atoms with Crippen molar-refractivity contribution >= 4 is 22.7 Å². The van der Waals surface area contributed by atoms with Crippen LogP contribution < -0.4 is 5.56 Å². The highest BCUT2D eigenvalue weighted by Crippen LogP contribution is 2.15. The SMILES string of the molecule is CC(C)c1ccc(C(=O)COC(=O)CCn2nnc3ccccc3c2=O)cc1. The molecule has 0 aliphatic heterocycles. The topological polar surface area (TPSA) is 91.2 Å². The van der Waals surface area contributed by atoms with Crippen LogP contribution in [0.1, 0.15) is 42.1 Å². The van der Waals surface area contributed by atoms with Crippen LogP contribution in [0.15, 0.2) is 53.3 Å². The van der Waals surface area contributed by atoms with Gasteiger partial charge in [-0.2, -0.15) is 0 Å². The van der Waals surface area contributed by atoms with Gasteiger partial charge in [-0.3, -0.25) is 14.4 Å². The third-order valence-corrected chi connectivity index (χ3v) is 4.42. The van der Waals surface area contributed by atoms with Gasteiger partial charge in [-0.05, 0) is 23.6 Å². The molecule has 0 atom stereocenters. The molecular weight excluding hydrogens is 358 g/mol. The van der Waals surface area contributed by atoms with Crippen LogP contribution in [0.5, 0.6) is 0 Å². The van der Waals surface area contributed by atoms with Gasteiger partial charge in [-0.25, -0.2) is 4.68 Å². The number of hydrogen-bond donors (Lipinski definition) is 0. The van der Waals surface area contributed by atoms with E-state index < -0.39 is 5.97 Å². The Morgan fingerprint density at radius 2 is 1.79 bits per heavy atom. The zero-order valence-electron chi connectivity index (χ0n) is 15.8. The van der Waals surface area contributed by atoms with E-state index in [1.165, 1.54) is 0 Å². The maximum absolute atomic E-state index is 12.3. The van der Waals surface area contributed by atoms with Crippen molar-refractivity contribution in [3.63, 3.8) is 0 Å². The molecule has 0 N–H and O–H groups in total. The number of esters is 1. The number of hydrogen-bond acceptors (Lipinski definition) is 6. The van der Waals surface area contributed by atoms with Gasteiger partial charge < -0.3 is 4.74 Å². The number of aryl methyl sites for hydroxylation is 1. The van der Waals surface area contributed by atoms with Gasteiger partial charge in [-0.15, -0.1) is 5.10 Å². The van der Waals surface area contributed by atoms with Gasteiger partial charge in [0.15, 0.2) is 12.4 Å². The van der Waals surface area contributed by atoms with Crippen LogP contribution in [0.4, 0.5) is 0 Å². The minimum atomic E-state index is -0.575. The summed E-state index contributed by atoms with van der Waals surface area (Å²) < 4.78 is 6.15. The van der Waals surface area contributed by atoms with E-state index in [0.717, 1.165) is 10.2 Å². The number of Topliss-reactive ketones (excluding diaryl/α,β-unsaturated/α-hetero) is 1. The predicted molar refractivity (Wildman–Crippen MR) is 104 cm³/mol. The van der Waals surface area contributed by atoms with Crippen molar-refractivity contribution < 1.29 is 14.3 Å². The fraction of sp³-hybridized carbons (Fsp3) is 0.286. The molecule has 0 fully saturated rings. The summed E-state index contributed by atoms with van der Waals surface area (Å²) in [4.78, 5) is 36.4. The maximum atomic E-state index is 12.3. The van der Waals surface area contributed by atoms with Crippen LogP contribution in [-0.2, 0) is 16.1 Å². The second-order valence-electron chi connectivity index (χ2n) is 6.75. The number of aromatic nitrogens is 3. The molecule has 0 amide bonds. The first-order valence-electron chi connectivity index (χ1n) is 9.07. The van der Waals surface area contributed by atoms with Crippen LogP contribution in [0.25, 0.3) is 10.9 Å². The Balaban J connectivity index is 1.54. The number of nitrogens with zero attached hydrogens (tertiary/aromatic N) is 3. The zero-order chi connectivity index (χ0) is 20.1. The Morgan fingerprint density at radius 1 is 1.07 bits per heavy atom. The molecule has 0 spiro atoms. The summed E-state index contributed by atoms with van der Waals surface area (Å²) in [5.74, 6) is -0.469.